The zero-order valence-electron chi connectivity index (χ0n) is 13.0. The Morgan fingerprint density at radius 1 is 0.810 bits per heavy atom. The molecule has 21 heavy (non-hydrogen) atoms. The van der Waals surface area contributed by atoms with E-state index in [-0.39, 0.29) is 17.9 Å². The van der Waals surface area contributed by atoms with Crippen LogP contribution in [0.25, 0.3) is 0 Å². The van der Waals surface area contributed by atoms with Crippen LogP contribution in [0.5, 0.6) is 0 Å². The molecular formula is C15H31N3O3. The number of ether oxygens (including phenoxy) is 1. The topological polar surface area (TPSA) is 121 Å². The molecule has 0 fully saturated rings. The summed E-state index contributed by atoms with van der Waals surface area (Å²) >= 11 is 0. The van der Waals surface area contributed by atoms with E-state index < -0.39 is 0 Å². The van der Waals surface area contributed by atoms with E-state index in [9.17, 15) is 9.59 Å². The molecule has 6 nitrogen and oxygen atoms in total. The van der Waals surface area contributed by atoms with Gasteiger partial charge in [-0.15, -0.1) is 0 Å². The quantitative estimate of drug-likeness (QED) is 0.393. The maximum Gasteiger partial charge on any atom is 0.217 e. The van der Waals surface area contributed by atoms with Crippen LogP contribution in [-0.4, -0.2) is 31.1 Å². The Hall–Kier alpha value is -1.14. The second kappa shape index (κ2) is 13.8. The highest BCUT2D eigenvalue weighted by molar-refractivity contribution is 5.73. The summed E-state index contributed by atoms with van der Waals surface area (Å²) in [6.07, 6.45) is 9.10. The molecule has 0 saturated carbocycles. The molecular weight excluding hydrogens is 270 g/mol. The van der Waals surface area contributed by atoms with Gasteiger partial charge in [-0.2, -0.15) is 0 Å². The van der Waals surface area contributed by atoms with Gasteiger partial charge in [-0.05, 0) is 19.3 Å². The lowest BCUT2D eigenvalue weighted by Gasteiger charge is -2.11. The van der Waals surface area contributed by atoms with Gasteiger partial charge in [-0.3, -0.25) is 9.59 Å². The van der Waals surface area contributed by atoms with E-state index in [0.717, 1.165) is 32.1 Å². The Kier molecular flexibility index (Phi) is 13.1. The molecule has 0 aromatic carbocycles. The van der Waals surface area contributed by atoms with E-state index in [1.54, 1.807) is 0 Å². The molecule has 0 radical (unpaired) electrons. The van der Waals surface area contributed by atoms with E-state index in [1.165, 1.54) is 12.8 Å². The molecule has 1 atom stereocenters. The van der Waals surface area contributed by atoms with Crippen molar-refractivity contribution >= 4 is 11.8 Å². The van der Waals surface area contributed by atoms with Crippen molar-refractivity contribution in [3.05, 3.63) is 0 Å². The van der Waals surface area contributed by atoms with Crippen LogP contribution in [0.4, 0.5) is 0 Å². The molecule has 0 unspecified atom stereocenters. The molecule has 6 heteroatoms. The number of amides is 2. The first kappa shape index (κ1) is 19.9. The Morgan fingerprint density at radius 2 is 1.33 bits per heavy atom. The lowest BCUT2D eigenvalue weighted by molar-refractivity contribution is -0.119. The highest BCUT2D eigenvalue weighted by Crippen LogP contribution is 2.08. The maximum absolute atomic E-state index is 10.6. The number of rotatable bonds is 15. The molecule has 0 aromatic rings. The SMILES string of the molecule is NC(=O)CCCCCCCCCOC[C@@H](N)CCC(N)=O. The van der Waals surface area contributed by atoms with Crippen molar-refractivity contribution in [2.45, 2.75) is 70.3 Å². The van der Waals surface area contributed by atoms with Crippen molar-refractivity contribution < 1.29 is 14.3 Å². The summed E-state index contributed by atoms with van der Waals surface area (Å²) in [6, 6.07) is -0.109. The fraction of sp³-hybridized carbons (Fsp3) is 0.867. The van der Waals surface area contributed by atoms with E-state index in [0.29, 0.717) is 32.5 Å². The summed E-state index contributed by atoms with van der Waals surface area (Å²) in [5.41, 5.74) is 15.9. The molecule has 0 aliphatic heterocycles. The Bertz CT molecular complexity index is 285. The highest BCUT2D eigenvalue weighted by Gasteiger charge is 2.04. The van der Waals surface area contributed by atoms with Crippen LogP contribution < -0.4 is 17.2 Å². The standard InChI is InChI=1S/C15H31N3O3/c16-13(9-10-15(18)20)12-21-11-7-5-3-1-2-4-6-8-14(17)19/h13H,1-12,16H2,(H2,17,19)(H2,18,20)/t13-/m0/s1. The number of nitrogens with two attached hydrogens (primary N) is 3. The number of carbonyl (C=O) groups is 2. The van der Waals surface area contributed by atoms with Crippen LogP contribution in [0, 0.1) is 0 Å². The van der Waals surface area contributed by atoms with Crippen molar-refractivity contribution in [1.82, 2.24) is 0 Å². The van der Waals surface area contributed by atoms with Crippen molar-refractivity contribution in [3.63, 3.8) is 0 Å². The number of carbonyl (C=O) groups excluding carboxylic acids is 2. The van der Waals surface area contributed by atoms with Gasteiger partial charge in [-0.25, -0.2) is 0 Å². The maximum atomic E-state index is 10.6. The molecule has 0 bridgehead atoms. The molecule has 2 amide bonds. The van der Waals surface area contributed by atoms with E-state index >= 15 is 0 Å². The number of primary amides is 2. The summed E-state index contributed by atoms with van der Waals surface area (Å²) in [4.78, 5) is 21.1. The molecule has 0 saturated heterocycles. The number of hydrogen-bond acceptors (Lipinski definition) is 4. The number of hydrogen-bond donors (Lipinski definition) is 3. The van der Waals surface area contributed by atoms with Crippen LogP contribution in [0.1, 0.15) is 64.2 Å². The Morgan fingerprint density at radius 3 is 1.90 bits per heavy atom. The minimum Gasteiger partial charge on any atom is -0.380 e. The van der Waals surface area contributed by atoms with Gasteiger partial charge in [0.15, 0.2) is 0 Å². The third kappa shape index (κ3) is 16.8. The second-order valence-electron chi connectivity index (χ2n) is 5.53. The van der Waals surface area contributed by atoms with Gasteiger partial charge in [0.25, 0.3) is 0 Å². The molecule has 0 rings (SSSR count). The van der Waals surface area contributed by atoms with Crippen LogP contribution in [0.15, 0.2) is 0 Å². The van der Waals surface area contributed by atoms with Crippen molar-refractivity contribution in [2.75, 3.05) is 13.2 Å². The fourth-order valence-corrected chi connectivity index (χ4v) is 2.03. The van der Waals surface area contributed by atoms with Gasteiger partial charge in [0.05, 0.1) is 6.61 Å². The van der Waals surface area contributed by atoms with Gasteiger partial charge in [0.1, 0.15) is 0 Å². The zero-order valence-corrected chi connectivity index (χ0v) is 13.0. The summed E-state index contributed by atoms with van der Waals surface area (Å²) in [7, 11) is 0. The van der Waals surface area contributed by atoms with Gasteiger partial charge < -0.3 is 21.9 Å². The first-order valence-electron chi connectivity index (χ1n) is 7.92. The molecule has 0 aliphatic rings. The minimum absolute atomic E-state index is 0.109. The molecule has 6 N–H and O–H groups in total. The van der Waals surface area contributed by atoms with Crippen molar-refractivity contribution in [1.29, 1.82) is 0 Å². The summed E-state index contributed by atoms with van der Waals surface area (Å²) < 4.78 is 5.47. The monoisotopic (exact) mass is 301 g/mol. The summed E-state index contributed by atoms with van der Waals surface area (Å²) in [5, 5.41) is 0. The molecule has 0 aliphatic carbocycles. The molecule has 0 spiro atoms. The van der Waals surface area contributed by atoms with Crippen LogP contribution in [0.3, 0.4) is 0 Å². The first-order chi connectivity index (χ1) is 10.0. The van der Waals surface area contributed by atoms with E-state index in [4.69, 9.17) is 21.9 Å². The van der Waals surface area contributed by atoms with Crippen LogP contribution in [0.2, 0.25) is 0 Å². The minimum atomic E-state index is -0.318. The third-order valence-electron chi connectivity index (χ3n) is 3.31. The van der Waals surface area contributed by atoms with Gasteiger partial charge in [0, 0.05) is 25.5 Å². The highest BCUT2D eigenvalue weighted by atomic mass is 16.5. The van der Waals surface area contributed by atoms with Crippen molar-refractivity contribution in [3.8, 4) is 0 Å². The third-order valence-corrected chi connectivity index (χ3v) is 3.31. The number of unbranched alkanes of at least 4 members (excludes halogenated alkanes) is 6. The van der Waals surface area contributed by atoms with E-state index in [1.807, 2.05) is 0 Å². The van der Waals surface area contributed by atoms with Crippen molar-refractivity contribution in [2.24, 2.45) is 17.2 Å². The van der Waals surface area contributed by atoms with Gasteiger partial charge >= 0.3 is 0 Å². The largest absolute Gasteiger partial charge is 0.380 e. The molecule has 124 valence electrons. The summed E-state index contributed by atoms with van der Waals surface area (Å²) in [5.74, 6) is -0.525. The summed E-state index contributed by atoms with van der Waals surface area (Å²) in [6.45, 7) is 1.20. The normalized spacial score (nSPS) is 12.2. The van der Waals surface area contributed by atoms with Gasteiger partial charge in [-0.1, -0.05) is 32.1 Å². The predicted molar refractivity (Wildman–Crippen MR) is 83.4 cm³/mol. The smallest absolute Gasteiger partial charge is 0.217 e. The molecule has 0 heterocycles. The Labute approximate surface area is 127 Å². The first-order valence-corrected chi connectivity index (χ1v) is 7.92. The molecule has 0 aromatic heterocycles. The lowest BCUT2D eigenvalue weighted by atomic mass is 10.1. The second-order valence-corrected chi connectivity index (χ2v) is 5.53. The predicted octanol–water partition coefficient (Wildman–Crippen LogP) is 1.20. The van der Waals surface area contributed by atoms with Crippen LogP contribution in [-0.2, 0) is 14.3 Å². The van der Waals surface area contributed by atoms with Gasteiger partial charge in [0.2, 0.25) is 11.8 Å². The fourth-order valence-electron chi connectivity index (χ4n) is 2.03. The van der Waals surface area contributed by atoms with E-state index in [2.05, 4.69) is 0 Å². The average molecular weight is 301 g/mol. The lowest BCUT2D eigenvalue weighted by Crippen LogP contribution is -2.28. The Balaban J connectivity index is 3.15. The average Bonchev–Trinajstić information content (AvgIpc) is 2.42. The van der Waals surface area contributed by atoms with Crippen LogP contribution >= 0.6 is 0 Å². The zero-order chi connectivity index (χ0) is 15.9.